The lowest BCUT2D eigenvalue weighted by Gasteiger charge is -2.33. The number of rotatable bonds is 3. The number of pyridine rings is 1. The molecule has 5 aromatic carbocycles. The van der Waals surface area contributed by atoms with Gasteiger partial charge >= 0.3 is 0 Å². The van der Waals surface area contributed by atoms with Crippen LogP contribution in [0.4, 0.5) is 0 Å². The van der Waals surface area contributed by atoms with Crippen LogP contribution in [0, 0.1) is 0 Å². The van der Waals surface area contributed by atoms with Crippen molar-refractivity contribution in [3.63, 3.8) is 0 Å². The molecule has 0 saturated heterocycles. The first-order chi connectivity index (χ1) is 18.9. The van der Waals surface area contributed by atoms with Crippen molar-refractivity contribution < 1.29 is 0 Å². The number of aromatic nitrogens is 2. The van der Waals surface area contributed by atoms with Gasteiger partial charge in [-0.1, -0.05) is 115 Å². The third-order valence-corrected chi connectivity index (χ3v) is 8.10. The second-order valence-electron chi connectivity index (χ2n) is 10.0. The summed E-state index contributed by atoms with van der Waals surface area (Å²) in [6.07, 6.45) is 2.16. The van der Waals surface area contributed by atoms with Gasteiger partial charge in [-0.15, -0.1) is 0 Å². The van der Waals surface area contributed by atoms with Crippen molar-refractivity contribution in [2.45, 2.75) is 5.41 Å². The van der Waals surface area contributed by atoms with E-state index < -0.39 is 5.41 Å². The molecule has 0 unspecified atom stereocenters. The molecule has 0 saturated carbocycles. The summed E-state index contributed by atoms with van der Waals surface area (Å²) in [7, 11) is 0. The van der Waals surface area contributed by atoms with E-state index in [0.29, 0.717) is 0 Å². The summed E-state index contributed by atoms with van der Waals surface area (Å²) in [4.78, 5) is 5.06. The Kier molecular flexibility index (Phi) is 4.47. The van der Waals surface area contributed by atoms with Gasteiger partial charge in [0.2, 0.25) is 0 Å². The highest BCUT2D eigenvalue weighted by molar-refractivity contribution is 6.03. The predicted molar refractivity (Wildman–Crippen MR) is 156 cm³/mol. The van der Waals surface area contributed by atoms with E-state index in [1.165, 1.54) is 44.3 Å². The minimum absolute atomic E-state index is 0.408. The van der Waals surface area contributed by atoms with E-state index in [1.807, 2.05) is 0 Å². The van der Waals surface area contributed by atoms with E-state index in [1.54, 1.807) is 0 Å². The average molecular weight is 485 g/mol. The van der Waals surface area contributed by atoms with Crippen LogP contribution in [0.5, 0.6) is 0 Å². The zero-order valence-corrected chi connectivity index (χ0v) is 20.8. The molecule has 1 aliphatic rings. The van der Waals surface area contributed by atoms with Gasteiger partial charge in [0, 0.05) is 22.5 Å². The van der Waals surface area contributed by atoms with Crippen molar-refractivity contribution in [1.82, 2.24) is 9.55 Å². The maximum absolute atomic E-state index is 5.06. The Morgan fingerprint density at radius 2 is 1.16 bits per heavy atom. The number of hydrogen-bond donors (Lipinski definition) is 0. The molecule has 2 aromatic heterocycles. The third-order valence-electron chi connectivity index (χ3n) is 8.10. The number of hydrogen-bond acceptors (Lipinski definition) is 1. The number of fused-ring (bicyclic) bond motifs is 6. The molecule has 2 nitrogen and oxygen atoms in total. The van der Waals surface area contributed by atoms with Gasteiger partial charge in [-0.3, -0.25) is 0 Å². The molecule has 0 fully saturated rings. The lowest BCUT2D eigenvalue weighted by Crippen LogP contribution is -2.28. The molecule has 0 amide bonds. The van der Waals surface area contributed by atoms with Gasteiger partial charge in [0.1, 0.15) is 5.82 Å². The van der Waals surface area contributed by atoms with Crippen LogP contribution in [0.3, 0.4) is 0 Å². The Bertz CT molecular complexity index is 1930. The van der Waals surface area contributed by atoms with Crippen LogP contribution in [-0.4, -0.2) is 9.55 Å². The predicted octanol–water partition coefficient (Wildman–Crippen LogP) is 8.54. The fraction of sp³-hybridized carbons (Fsp3) is 0.0278. The van der Waals surface area contributed by atoms with Gasteiger partial charge in [0.15, 0.2) is 0 Å². The minimum atomic E-state index is -0.408. The fourth-order valence-corrected chi connectivity index (χ4v) is 6.53. The van der Waals surface area contributed by atoms with E-state index in [4.69, 9.17) is 4.98 Å². The first-order valence-electron chi connectivity index (χ1n) is 13.1. The molecule has 0 atom stereocenters. The molecule has 0 N–H and O–H groups in total. The van der Waals surface area contributed by atoms with Crippen molar-refractivity contribution in [1.29, 1.82) is 0 Å². The molecule has 178 valence electrons. The summed E-state index contributed by atoms with van der Waals surface area (Å²) < 4.78 is 2.27. The number of para-hydroxylation sites is 1. The molecule has 8 rings (SSSR count). The van der Waals surface area contributed by atoms with Gasteiger partial charge in [-0.25, -0.2) is 4.98 Å². The summed E-state index contributed by atoms with van der Waals surface area (Å²) in [6, 6.07) is 50.3. The van der Waals surface area contributed by atoms with Crippen LogP contribution in [-0.2, 0) is 5.41 Å². The van der Waals surface area contributed by atoms with Gasteiger partial charge < -0.3 is 4.57 Å². The minimum Gasteiger partial charge on any atom is -0.301 e. The highest BCUT2D eigenvalue weighted by atomic mass is 15.1. The molecule has 0 bridgehead atoms. The highest BCUT2D eigenvalue weighted by Gasteiger charge is 2.46. The van der Waals surface area contributed by atoms with Crippen LogP contribution >= 0.6 is 0 Å². The highest BCUT2D eigenvalue weighted by Crippen LogP contribution is 2.57. The number of nitrogens with zero attached hydrogens (tertiary/aromatic N) is 2. The Labute approximate surface area is 221 Å². The van der Waals surface area contributed by atoms with Crippen LogP contribution < -0.4 is 0 Å². The Morgan fingerprint density at radius 1 is 0.500 bits per heavy atom. The monoisotopic (exact) mass is 484 g/mol. The fourth-order valence-electron chi connectivity index (χ4n) is 6.53. The van der Waals surface area contributed by atoms with Crippen molar-refractivity contribution >= 4 is 21.8 Å². The third kappa shape index (κ3) is 2.80. The van der Waals surface area contributed by atoms with Crippen molar-refractivity contribution in [3.8, 4) is 16.9 Å². The van der Waals surface area contributed by atoms with Crippen LogP contribution in [0.1, 0.15) is 22.3 Å². The first kappa shape index (κ1) is 21.2. The molecule has 0 radical (unpaired) electrons. The van der Waals surface area contributed by atoms with E-state index >= 15 is 0 Å². The quantitative estimate of drug-likeness (QED) is 0.246. The lowest BCUT2D eigenvalue weighted by atomic mass is 9.67. The SMILES string of the molecule is c1ccc(C2(c3ccccc3)c3ccccc3-c3c2ccc2ccn(-c4ccc5ccccc5n4)c32)cc1. The molecule has 0 aliphatic heterocycles. The summed E-state index contributed by atoms with van der Waals surface area (Å²) in [5.41, 5.74) is 9.54. The Balaban J connectivity index is 1.51. The van der Waals surface area contributed by atoms with Crippen molar-refractivity contribution in [2.24, 2.45) is 0 Å². The van der Waals surface area contributed by atoms with Gasteiger partial charge in [0.25, 0.3) is 0 Å². The lowest BCUT2D eigenvalue weighted by molar-refractivity contribution is 0.769. The maximum Gasteiger partial charge on any atom is 0.137 e. The van der Waals surface area contributed by atoms with Gasteiger partial charge in [-0.05, 0) is 52.1 Å². The molecule has 2 heteroatoms. The Morgan fingerprint density at radius 3 is 1.95 bits per heavy atom. The van der Waals surface area contributed by atoms with Crippen molar-refractivity contribution in [2.75, 3.05) is 0 Å². The zero-order chi connectivity index (χ0) is 25.1. The van der Waals surface area contributed by atoms with Crippen LogP contribution in [0.25, 0.3) is 38.8 Å². The van der Waals surface area contributed by atoms with Crippen molar-refractivity contribution in [3.05, 3.63) is 168 Å². The summed E-state index contributed by atoms with van der Waals surface area (Å²) in [6.45, 7) is 0. The van der Waals surface area contributed by atoms with Gasteiger partial charge in [-0.2, -0.15) is 0 Å². The first-order valence-corrected chi connectivity index (χ1v) is 13.1. The normalized spacial score (nSPS) is 13.5. The van der Waals surface area contributed by atoms with E-state index in [-0.39, 0.29) is 0 Å². The average Bonchev–Trinajstić information content (AvgIpc) is 3.55. The van der Waals surface area contributed by atoms with Crippen LogP contribution in [0.15, 0.2) is 146 Å². The topological polar surface area (TPSA) is 17.8 Å². The molecule has 7 aromatic rings. The maximum atomic E-state index is 5.06. The summed E-state index contributed by atoms with van der Waals surface area (Å²) in [5.74, 6) is 0.932. The van der Waals surface area contributed by atoms with E-state index in [2.05, 4.69) is 150 Å². The second-order valence-corrected chi connectivity index (χ2v) is 10.0. The summed E-state index contributed by atoms with van der Waals surface area (Å²) >= 11 is 0. The number of benzene rings is 5. The standard InChI is InChI=1S/C36H24N2/c1-3-12-27(13-4-1)36(28-14-5-2-6-15-28)30-17-9-8-16-29(30)34-31(36)21-19-26-23-24-38(35(26)34)33-22-20-25-11-7-10-18-32(25)37-33/h1-24H. The molecule has 38 heavy (non-hydrogen) atoms. The van der Waals surface area contributed by atoms with Crippen LogP contribution in [0.2, 0.25) is 0 Å². The van der Waals surface area contributed by atoms with Gasteiger partial charge in [0.05, 0.1) is 16.4 Å². The van der Waals surface area contributed by atoms with E-state index in [0.717, 1.165) is 16.7 Å². The largest absolute Gasteiger partial charge is 0.301 e. The Hall–Kier alpha value is -4.95. The molecular formula is C36H24N2. The molecule has 1 aliphatic carbocycles. The zero-order valence-electron chi connectivity index (χ0n) is 20.8. The molecular weight excluding hydrogens is 460 g/mol. The second kappa shape index (κ2) is 8.03. The summed E-state index contributed by atoms with van der Waals surface area (Å²) in [5, 5.41) is 2.36. The van der Waals surface area contributed by atoms with E-state index in [9.17, 15) is 0 Å². The molecule has 0 spiro atoms. The smallest absolute Gasteiger partial charge is 0.137 e. The molecule has 2 heterocycles.